The molecule has 5 nitrogen and oxygen atoms in total. The molecular formula is C23H23Cl2N3O2. The van der Waals surface area contributed by atoms with Crippen LogP contribution in [-0.2, 0) is 11.3 Å². The number of nitrogens with zero attached hydrogens (tertiary/aromatic N) is 2. The Hall–Kier alpha value is -2.50. The summed E-state index contributed by atoms with van der Waals surface area (Å²) in [4.78, 5) is 32.7. The van der Waals surface area contributed by atoms with Crippen molar-refractivity contribution in [3.63, 3.8) is 0 Å². The Morgan fingerprint density at radius 1 is 1.17 bits per heavy atom. The zero-order valence-electron chi connectivity index (χ0n) is 16.7. The highest BCUT2D eigenvalue weighted by atomic mass is 35.5. The normalized spacial score (nSPS) is 16.6. The van der Waals surface area contributed by atoms with E-state index in [9.17, 15) is 9.59 Å². The van der Waals surface area contributed by atoms with Crippen LogP contribution in [0.4, 0.5) is 0 Å². The second kappa shape index (κ2) is 8.70. The van der Waals surface area contributed by atoms with Gasteiger partial charge in [0.15, 0.2) is 0 Å². The first-order valence-electron chi connectivity index (χ1n) is 9.98. The van der Waals surface area contributed by atoms with Crippen LogP contribution in [0.15, 0.2) is 48.7 Å². The van der Waals surface area contributed by atoms with Crippen LogP contribution in [0, 0.1) is 5.92 Å². The topological polar surface area (TPSA) is 56.4 Å². The van der Waals surface area contributed by atoms with E-state index in [2.05, 4.69) is 4.98 Å². The molecule has 0 spiro atoms. The smallest absolute Gasteiger partial charge is 0.253 e. The maximum Gasteiger partial charge on any atom is 0.253 e. The van der Waals surface area contributed by atoms with Gasteiger partial charge in [0, 0.05) is 49.3 Å². The molecule has 1 aromatic heterocycles. The summed E-state index contributed by atoms with van der Waals surface area (Å²) >= 11 is 12.0. The molecule has 3 aromatic rings. The number of carbonyl (C=O) groups is 2. The van der Waals surface area contributed by atoms with Crippen LogP contribution in [0.25, 0.3) is 10.9 Å². The number of amides is 2. The summed E-state index contributed by atoms with van der Waals surface area (Å²) in [5.41, 5.74) is 2.65. The number of rotatable bonds is 4. The van der Waals surface area contributed by atoms with Gasteiger partial charge >= 0.3 is 0 Å². The van der Waals surface area contributed by atoms with Crippen molar-refractivity contribution in [3.05, 3.63) is 69.8 Å². The van der Waals surface area contributed by atoms with E-state index in [1.54, 1.807) is 28.0 Å². The Morgan fingerprint density at radius 2 is 2.00 bits per heavy atom. The summed E-state index contributed by atoms with van der Waals surface area (Å²) in [6, 6.07) is 13.0. The minimum absolute atomic E-state index is 0.0641. The number of halogens is 2. The first kappa shape index (κ1) is 20.8. The molecule has 1 fully saturated rings. The molecule has 1 aliphatic heterocycles. The number of nitrogens with one attached hydrogen (secondary N) is 1. The molecular weight excluding hydrogens is 421 g/mol. The van der Waals surface area contributed by atoms with Gasteiger partial charge in [0.1, 0.15) is 0 Å². The lowest BCUT2D eigenvalue weighted by molar-refractivity contribution is -0.136. The van der Waals surface area contributed by atoms with E-state index in [1.165, 1.54) is 0 Å². The average Bonchev–Trinajstić information content (AvgIpc) is 3.24. The summed E-state index contributed by atoms with van der Waals surface area (Å²) in [7, 11) is 1.83. The summed E-state index contributed by atoms with van der Waals surface area (Å²) in [5, 5.41) is 1.89. The minimum atomic E-state index is -0.208. The Bertz CT molecular complexity index is 1090. The Morgan fingerprint density at radius 3 is 2.80 bits per heavy atom. The van der Waals surface area contributed by atoms with E-state index >= 15 is 0 Å². The molecule has 1 N–H and O–H groups in total. The van der Waals surface area contributed by atoms with Gasteiger partial charge in [-0.3, -0.25) is 9.59 Å². The first-order valence-corrected chi connectivity index (χ1v) is 10.7. The van der Waals surface area contributed by atoms with Crippen molar-refractivity contribution in [2.45, 2.75) is 19.4 Å². The minimum Gasteiger partial charge on any atom is -0.361 e. The SMILES string of the molecule is CN(Cc1cccc2[nH]ccc12)C(=O)C1CCCN(C(=O)c2ccc(Cl)c(Cl)c2)C1. The fourth-order valence-corrected chi connectivity index (χ4v) is 4.41. The Labute approximate surface area is 185 Å². The fourth-order valence-electron chi connectivity index (χ4n) is 4.11. The Balaban J connectivity index is 1.44. The number of aromatic amines is 1. The molecule has 0 bridgehead atoms. The van der Waals surface area contributed by atoms with Crippen LogP contribution >= 0.6 is 23.2 Å². The third-order valence-corrected chi connectivity index (χ3v) is 6.43. The number of H-pyrrole nitrogens is 1. The molecule has 1 atom stereocenters. The average molecular weight is 444 g/mol. The van der Waals surface area contributed by atoms with Crippen LogP contribution in [-0.4, -0.2) is 46.7 Å². The van der Waals surface area contributed by atoms with Gasteiger partial charge in [-0.25, -0.2) is 0 Å². The maximum absolute atomic E-state index is 13.1. The van der Waals surface area contributed by atoms with Crippen LogP contribution in [0.2, 0.25) is 10.0 Å². The van der Waals surface area contributed by atoms with Gasteiger partial charge in [0.25, 0.3) is 5.91 Å². The van der Waals surface area contributed by atoms with Crippen molar-refractivity contribution in [1.82, 2.24) is 14.8 Å². The van der Waals surface area contributed by atoms with Crippen molar-refractivity contribution in [2.24, 2.45) is 5.92 Å². The van der Waals surface area contributed by atoms with Gasteiger partial charge < -0.3 is 14.8 Å². The summed E-state index contributed by atoms with van der Waals surface area (Å²) in [6.45, 7) is 1.58. The van der Waals surface area contributed by atoms with Crippen molar-refractivity contribution < 1.29 is 9.59 Å². The highest BCUT2D eigenvalue weighted by molar-refractivity contribution is 6.42. The maximum atomic E-state index is 13.1. The van der Waals surface area contributed by atoms with Gasteiger partial charge in [0.2, 0.25) is 5.91 Å². The molecule has 1 unspecified atom stereocenters. The van der Waals surface area contributed by atoms with Crippen LogP contribution in [0.1, 0.15) is 28.8 Å². The van der Waals surface area contributed by atoms with Crippen LogP contribution in [0.3, 0.4) is 0 Å². The number of carbonyl (C=O) groups excluding carboxylic acids is 2. The highest BCUT2D eigenvalue weighted by Gasteiger charge is 2.31. The van der Waals surface area contributed by atoms with Gasteiger partial charge in [-0.1, -0.05) is 35.3 Å². The second-order valence-corrected chi connectivity index (χ2v) is 8.58. The Kier molecular flexibility index (Phi) is 6.02. The fraction of sp³-hybridized carbons (Fsp3) is 0.304. The molecule has 0 radical (unpaired) electrons. The van der Waals surface area contributed by atoms with E-state index in [0.717, 1.165) is 29.3 Å². The number of piperidine rings is 1. The van der Waals surface area contributed by atoms with Gasteiger partial charge in [-0.05, 0) is 48.7 Å². The van der Waals surface area contributed by atoms with Crippen molar-refractivity contribution in [3.8, 4) is 0 Å². The highest BCUT2D eigenvalue weighted by Crippen LogP contribution is 2.26. The lowest BCUT2D eigenvalue weighted by atomic mass is 9.95. The number of likely N-dealkylation sites (tertiary alicyclic amines) is 1. The first-order chi connectivity index (χ1) is 14.4. The van der Waals surface area contributed by atoms with E-state index in [4.69, 9.17) is 23.2 Å². The number of aromatic nitrogens is 1. The number of fused-ring (bicyclic) bond motifs is 1. The number of hydrogen-bond acceptors (Lipinski definition) is 2. The van der Waals surface area contributed by atoms with Crippen molar-refractivity contribution in [2.75, 3.05) is 20.1 Å². The third-order valence-electron chi connectivity index (χ3n) is 5.69. The van der Waals surface area contributed by atoms with Crippen molar-refractivity contribution >= 4 is 45.9 Å². The number of benzene rings is 2. The third kappa shape index (κ3) is 4.18. The molecule has 1 aliphatic rings. The molecule has 7 heteroatoms. The molecule has 2 amide bonds. The summed E-state index contributed by atoms with van der Waals surface area (Å²) < 4.78 is 0. The monoisotopic (exact) mass is 443 g/mol. The van der Waals surface area contributed by atoms with E-state index < -0.39 is 0 Å². The molecule has 30 heavy (non-hydrogen) atoms. The molecule has 0 aliphatic carbocycles. The lowest BCUT2D eigenvalue weighted by Gasteiger charge is -2.34. The molecule has 4 rings (SSSR count). The standard InChI is InChI=1S/C23H23Cl2N3O2/c1-27(13-16-4-2-6-21-18(16)9-10-26-21)22(29)17-5-3-11-28(14-17)23(30)15-7-8-19(24)20(25)12-15/h2,4,6-10,12,17,26H,3,5,11,13-14H2,1H3. The van der Waals surface area contributed by atoms with E-state index in [1.807, 2.05) is 37.5 Å². The molecule has 2 heterocycles. The molecule has 0 saturated carbocycles. The van der Waals surface area contributed by atoms with E-state index in [0.29, 0.717) is 35.2 Å². The van der Waals surface area contributed by atoms with Gasteiger partial charge in [-0.2, -0.15) is 0 Å². The zero-order chi connectivity index (χ0) is 21.3. The van der Waals surface area contributed by atoms with Gasteiger partial charge in [-0.15, -0.1) is 0 Å². The molecule has 156 valence electrons. The van der Waals surface area contributed by atoms with Crippen LogP contribution < -0.4 is 0 Å². The zero-order valence-corrected chi connectivity index (χ0v) is 18.2. The summed E-state index contributed by atoms with van der Waals surface area (Å²) in [6.07, 6.45) is 3.48. The predicted molar refractivity (Wildman–Crippen MR) is 120 cm³/mol. The van der Waals surface area contributed by atoms with Crippen molar-refractivity contribution in [1.29, 1.82) is 0 Å². The molecule has 2 aromatic carbocycles. The lowest BCUT2D eigenvalue weighted by Crippen LogP contribution is -2.45. The summed E-state index contributed by atoms with van der Waals surface area (Å²) in [5.74, 6) is -0.263. The van der Waals surface area contributed by atoms with Gasteiger partial charge in [0.05, 0.1) is 16.0 Å². The quantitative estimate of drug-likeness (QED) is 0.617. The predicted octanol–water partition coefficient (Wildman–Crippen LogP) is 4.99. The molecule has 1 saturated heterocycles. The second-order valence-electron chi connectivity index (χ2n) is 7.77. The van der Waals surface area contributed by atoms with Crippen LogP contribution in [0.5, 0.6) is 0 Å². The van der Waals surface area contributed by atoms with E-state index in [-0.39, 0.29) is 17.7 Å². The number of hydrogen-bond donors (Lipinski definition) is 1. The largest absolute Gasteiger partial charge is 0.361 e.